The highest BCUT2D eigenvalue weighted by Crippen LogP contribution is 2.44. The SMILES string of the molecule is COc1cc([C@@H](CCC(F)(F)F)N2CCNCC2)cc2c1OCO2.Cl. The first-order valence-corrected chi connectivity index (χ1v) is 7.97. The highest BCUT2D eigenvalue weighted by atomic mass is 35.5. The van der Waals surface area contributed by atoms with Crippen LogP contribution in [0.5, 0.6) is 17.2 Å². The molecule has 0 aromatic heterocycles. The predicted octanol–water partition coefficient (Wildman–Crippen LogP) is 3.13. The van der Waals surface area contributed by atoms with E-state index in [1.807, 2.05) is 0 Å². The molecule has 5 nitrogen and oxygen atoms in total. The monoisotopic (exact) mass is 382 g/mol. The van der Waals surface area contributed by atoms with E-state index in [1.54, 1.807) is 12.1 Å². The van der Waals surface area contributed by atoms with Crippen LogP contribution in [0.15, 0.2) is 12.1 Å². The zero-order valence-electron chi connectivity index (χ0n) is 13.9. The number of hydrogen-bond acceptors (Lipinski definition) is 5. The molecular formula is C16H22ClF3N2O3. The second-order valence-corrected chi connectivity index (χ2v) is 5.91. The van der Waals surface area contributed by atoms with Crippen LogP contribution < -0.4 is 19.5 Å². The Bertz CT molecular complexity index is 580. The summed E-state index contributed by atoms with van der Waals surface area (Å²) < 4.78 is 54.4. The Morgan fingerprint density at radius 2 is 1.96 bits per heavy atom. The van der Waals surface area contributed by atoms with Crippen molar-refractivity contribution in [3.63, 3.8) is 0 Å². The number of rotatable bonds is 5. The summed E-state index contributed by atoms with van der Waals surface area (Å²) in [5.74, 6) is 1.53. The van der Waals surface area contributed by atoms with Gasteiger partial charge in [-0.1, -0.05) is 0 Å². The second kappa shape index (κ2) is 8.33. The summed E-state index contributed by atoms with van der Waals surface area (Å²) in [5, 5.41) is 3.22. The molecule has 0 aliphatic carbocycles. The third-order valence-corrected chi connectivity index (χ3v) is 4.36. The van der Waals surface area contributed by atoms with E-state index in [2.05, 4.69) is 10.2 Å². The Kier molecular flexibility index (Phi) is 6.65. The number of benzene rings is 1. The lowest BCUT2D eigenvalue weighted by Gasteiger charge is -2.35. The zero-order chi connectivity index (χ0) is 17.2. The molecule has 1 atom stereocenters. The van der Waals surface area contributed by atoms with Crippen LogP contribution in [0, 0.1) is 0 Å². The Balaban J connectivity index is 0.00000225. The van der Waals surface area contributed by atoms with Crippen LogP contribution in [0.25, 0.3) is 0 Å². The van der Waals surface area contributed by atoms with E-state index in [-0.39, 0.29) is 31.7 Å². The lowest BCUT2D eigenvalue weighted by molar-refractivity contribution is -0.138. The van der Waals surface area contributed by atoms with Crippen molar-refractivity contribution >= 4 is 12.4 Å². The van der Waals surface area contributed by atoms with Gasteiger partial charge in [0.1, 0.15) is 0 Å². The Hall–Kier alpha value is -1.38. The molecule has 0 radical (unpaired) electrons. The van der Waals surface area contributed by atoms with Gasteiger partial charge in [-0.25, -0.2) is 0 Å². The van der Waals surface area contributed by atoms with Gasteiger partial charge in [-0.2, -0.15) is 13.2 Å². The first kappa shape index (κ1) is 19.9. The number of ether oxygens (including phenoxy) is 3. The average molecular weight is 383 g/mol. The van der Waals surface area contributed by atoms with Crippen LogP contribution in [0.1, 0.15) is 24.4 Å². The first-order valence-electron chi connectivity index (χ1n) is 7.97. The second-order valence-electron chi connectivity index (χ2n) is 5.91. The molecule has 1 fully saturated rings. The molecule has 9 heteroatoms. The van der Waals surface area contributed by atoms with Gasteiger partial charge in [0.25, 0.3) is 0 Å². The molecular weight excluding hydrogens is 361 g/mol. The topological polar surface area (TPSA) is 43.0 Å². The molecule has 0 bridgehead atoms. The van der Waals surface area contributed by atoms with Gasteiger partial charge in [-0.05, 0) is 24.1 Å². The number of halogens is 4. The zero-order valence-corrected chi connectivity index (χ0v) is 14.7. The van der Waals surface area contributed by atoms with E-state index in [0.717, 1.165) is 18.7 Å². The van der Waals surface area contributed by atoms with Crippen molar-refractivity contribution < 1.29 is 27.4 Å². The normalized spacial score (nSPS) is 18.6. The van der Waals surface area contributed by atoms with Gasteiger partial charge >= 0.3 is 6.18 Å². The Morgan fingerprint density at radius 3 is 2.60 bits per heavy atom. The van der Waals surface area contributed by atoms with Crippen LogP contribution in [0.3, 0.4) is 0 Å². The lowest BCUT2D eigenvalue weighted by atomic mass is 9.98. The largest absolute Gasteiger partial charge is 0.493 e. The Labute approximate surface area is 150 Å². The lowest BCUT2D eigenvalue weighted by Crippen LogP contribution is -2.45. The molecule has 1 N–H and O–H groups in total. The number of fused-ring (bicyclic) bond motifs is 1. The summed E-state index contributed by atoms with van der Waals surface area (Å²) in [6.45, 7) is 3.04. The van der Waals surface area contributed by atoms with E-state index in [1.165, 1.54) is 7.11 Å². The minimum absolute atomic E-state index is 0. The van der Waals surface area contributed by atoms with Crippen molar-refractivity contribution in [1.82, 2.24) is 10.2 Å². The molecule has 0 saturated carbocycles. The molecule has 0 spiro atoms. The Morgan fingerprint density at radius 1 is 1.24 bits per heavy atom. The van der Waals surface area contributed by atoms with Gasteiger partial charge < -0.3 is 19.5 Å². The molecule has 1 aromatic rings. The minimum Gasteiger partial charge on any atom is -0.493 e. The standard InChI is InChI=1S/C16H21F3N2O3.ClH/c1-22-13-8-11(9-14-15(13)24-10-23-14)12(2-3-16(17,18)19)21-6-4-20-5-7-21;/h8-9,12,20H,2-7,10H2,1H3;1H/t12-;/m1./s1. The molecule has 3 rings (SSSR count). The van der Waals surface area contributed by atoms with Crippen LogP contribution in [0.2, 0.25) is 0 Å². The van der Waals surface area contributed by atoms with E-state index in [4.69, 9.17) is 14.2 Å². The van der Waals surface area contributed by atoms with Crippen LogP contribution >= 0.6 is 12.4 Å². The molecule has 0 amide bonds. The maximum Gasteiger partial charge on any atom is 0.389 e. The van der Waals surface area contributed by atoms with Crippen molar-refractivity contribution in [2.24, 2.45) is 0 Å². The summed E-state index contributed by atoms with van der Waals surface area (Å²) >= 11 is 0. The van der Waals surface area contributed by atoms with Gasteiger partial charge in [0, 0.05) is 38.6 Å². The summed E-state index contributed by atoms with van der Waals surface area (Å²) in [6.07, 6.45) is -4.99. The van der Waals surface area contributed by atoms with E-state index in [0.29, 0.717) is 30.3 Å². The molecule has 2 heterocycles. The molecule has 1 aromatic carbocycles. The minimum atomic E-state index is -4.17. The van der Waals surface area contributed by atoms with E-state index in [9.17, 15) is 13.2 Å². The molecule has 2 aliphatic rings. The fourth-order valence-corrected chi connectivity index (χ4v) is 3.20. The van der Waals surface area contributed by atoms with Crippen molar-refractivity contribution in [2.75, 3.05) is 40.1 Å². The molecule has 2 aliphatic heterocycles. The van der Waals surface area contributed by atoms with Crippen molar-refractivity contribution in [3.05, 3.63) is 17.7 Å². The van der Waals surface area contributed by atoms with Gasteiger partial charge in [0.2, 0.25) is 12.5 Å². The van der Waals surface area contributed by atoms with Gasteiger partial charge in [-0.3, -0.25) is 4.90 Å². The van der Waals surface area contributed by atoms with Crippen LogP contribution in [-0.2, 0) is 0 Å². The van der Waals surface area contributed by atoms with E-state index < -0.39 is 12.6 Å². The number of nitrogens with zero attached hydrogens (tertiary/aromatic N) is 1. The molecule has 1 saturated heterocycles. The molecule has 142 valence electrons. The third-order valence-electron chi connectivity index (χ3n) is 4.36. The van der Waals surface area contributed by atoms with Gasteiger partial charge in [0.05, 0.1) is 7.11 Å². The number of piperazine rings is 1. The summed E-state index contributed by atoms with van der Waals surface area (Å²) in [6, 6.07) is 3.20. The summed E-state index contributed by atoms with van der Waals surface area (Å²) in [5.41, 5.74) is 0.766. The summed E-state index contributed by atoms with van der Waals surface area (Å²) in [4.78, 5) is 2.08. The number of nitrogens with one attached hydrogen (secondary N) is 1. The third kappa shape index (κ3) is 4.83. The predicted molar refractivity (Wildman–Crippen MR) is 88.8 cm³/mol. The summed E-state index contributed by atoms with van der Waals surface area (Å²) in [7, 11) is 1.51. The quantitative estimate of drug-likeness (QED) is 0.847. The highest BCUT2D eigenvalue weighted by Gasteiger charge is 2.32. The van der Waals surface area contributed by atoms with Gasteiger partial charge in [0.15, 0.2) is 11.5 Å². The average Bonchev–Trinajstić information content (AvgIpc) is 3.03. The highest BCUT2D eigenvalue weighted by molar-refractivity contribution is 5.85. The van der Waals surface area contributed by atoms with Crippen LogP contribution in [-0.4, -0.2) is 51.2 Å². The smallest absolute Gasteiger partial charge is 0.389 e. The van der Waals surface area contributed by atoms with Gasteiger partial charge in [-0.15, -0.1) is 12.4 Å². The number of methoxy groups -OCH3 is 1. The van der Waals surface area contributed by atoms with Crippen LogP contribution in [0.4, 0.5) is 13.2 Å². The number of alkyl halides is 3. The van der Waals surface area contributed by atoms with Crippen molar-refractivity contribution in [3.8, 4) is 17.2 Å². The maximum atomic E-state index is 12.8. The van der Waals surface area contributed by atoms with E-state index >= 15 is 0 Å². The molecule has 25 heavy (non-hydrogen) atoms. The van der Waals surface area contributed by atoms with Crippen molar-refractivity contribution in [1.29, 1.82) is 0 Å². The fourth-order valence-electron chi connectivity index (χ4n) is 3.20. The maximum absolute atomic E-state index is 12.8. The number of hydrogen-bond donors (Lipinski definition) is 1. The fraction of sp³-hybridized carbons (Fsp3) is 0.625. The van der Waals surface area contributed by atoms with Crippen molar-refractivity contribution in [2.45, 2.75) is 25.1 Å². The first-order chi connectivity index (χ1) is 11.5. The molecule has 0 unspecified atom stereocenters.